The number of ketones is 1. The number of benzene rings is 1. The highest BCUT2D eigenvalue weighted by Crippen LogP contribution is 2.50. The second kappa shape index (κ2) is 5.03. The van der Waals surface area contributed by atoms with E-state index in [0.29, 0.717) is 18.4 Å². The van der Waals surface area contributed by atoms with Crippen LogP contribution in [0.15, 0.2) is 36.4 Å². The summed E-state index contributed by atoms with van der Waals surface area (Å²) >= 11 is 0. The highest BCUT2D eigenvalue weighted by Gasteiger charge is 2.62. The lowest BCUT2D eigenvalue weighted by molar-refractivity contribution is -0.192. The number of ether oxygens (including phenoxy) is 2. The molecule has 0 saturated carbocycles. The first-order chi connectivity index (χ1) is 10.7. The van der Waals surface area contributed by atoms with E-state index >= 15 is 0 Å². The summed E-state index contributed by atoms with van der Waals surface area (Å²) in [5.74, 6) is -0.842. The van der Waals surface area contributed by atoms with Crippen molar-refractivity contribution in [3.05, 3.63) is 42.0 Å². The van der Waals surface area contributed by atoms with Crippen LogP contribution in [0, 0.1) is 0 Å². The van der Waals surface area contributed by atoms with Crippen molar-refractivity contribution in [3.8, 4) is 0 Å². The number of Topliss-reactive ketones (excluding diaryl/α,β-unsaturated/α-hetero) is 1. The van der Waals surface area contributed by atoms with E-state index in [4.69, 9.17) is 9.47 Å². The number of carbonyl (C=O) groups is 2. The molecule has 0 amide bonds. The van der Waals surface area contributed by atoms with Gasteiger partial charge in [0.1, 0.15) is 5.60 Å². The fourth-order valence-corrected chi connectivity index (χ4v) is 3.23. The molecule has 0 radical (unpaired) electrons. The molecule has 1 aromatic rings. The van der Waals surface area contributed by atoms with Gasteiger partial charge in [0.25, 0.3) is 0 Å². The molecule has 1 saturated heterocycles. The van der Waals surface area contributed by atoms with Gasteiger partial charge < -0.3 is 9.47 Å². The molecule has 2 bridgehead atoms. The van der Waals surface area contributed by atoms with Crippen LogP contribution in [-0.2, 0) is 19.1 Å². The molecule has 0 aliphatic carbocycles. The number of hydrogen-bond donors (Lipinski definition) is 0. The second-order valence-corrected chi connectivity index (χ2v) is 7.45. The lowest BCUT2D eigenvalue weighted by Crippen LogP contribution is -2.55. The van der Waals surface area contributed by atoms with E-state index in [2.05, 4.69) is 0 Å². The van der Waals surface area contributed by atoms with Gasteiger partial charge in [-0.2, -0.15) is 0 Å². The summed E-state index contributed by atoms with van der Waals surface area (Å²) in [6.45, 7) is 7.27. The highest BCUT2D eigenvalue weighted by molar-refractivity contribution is 6.20. The predicted octanol–water partition coefficient (Wildman–Crippen LogP) is 3.30. The van der Waals surface area contributed by atoms with E-state index in [1.165, 1.54) is 0 Å². The Kier molecular flexibility index (Phi) is 3.49. The summed E-state index contributed by atoms with van der Waals surface area (Å²) in [6, 6.07) is 9.44. The third-order valence-corrected chi connectivity index (χ3v) is 4.23. The zero-order chi connectivity index (χ0) is 16.9. The molecule has 3 rings (SSSR count). The van der Waals surface area contributed by atoms with Gasteiger partial charge in [0.15, 0.2) is 5.78 Å². The fraction of sp³-hybridized carbons (Fsp3) is 0.474. The molecular formula is C19H22O4. The Morgan fingerprint density at radius 3 is 2.48 bits per heavy atom. The summed E-state index contributed by atoms with van der Waals surface area (Å²) in [6.07, 6.45) is 2.80. The van der Waals surface area contributed by atoms with Crippen molar-refractivity contribution >= 4 is 17.3 Å². The molecule has 2 unspecified atom stereocenters. The van der Waals surface area contributed by atoms with Crippen molar-refractivity contribution in [2.45, 2.75) is 57.3 Å². The summed E-state index contributed by atoms with van der Waals surface area (Å²) in [5.41, 5.74) is -1.51. The summed E-state index contributed by atoms with van der Waals surface area (Å²) in [5, 5.41) is 0. The lowest BCUT2D eigenvalue weighted by Gasteiger charge is -2.38. The summed E-state index contributed by atoms with van der Waals surface area (Å²) < 4.78 is 11.6. The first-order valence-electron chi connectivity index (χ1n) is 7.92. The molecule has 4 heteroatoms. The quantitative estimate of drug-likeness (QED) is 0.621. The van der Waals surface area contributed by atoms with Gasteiger partial charge in [-0.05, 0) is 45.8 Å². The maximum Gasteiger partial charge on any atom is 0.351 e. The van der Waals surface area contributed by atoms with Gasteiger partial charge in [-0.15, -0.1) is 0 Å². The van der Waals surface area contributed by atoms with Gasteiger partial charge in [0, 0.05) is 12.0 Å². The molecular weight excluding hydrogens is 292 g/mol. The normalized spacial score (nSPS) is 30.1. The van der Waals surface area contributed by atoms with Crippen molar-refractivity contribution in [2.75, 3.05) is 0 Å². The van der Waals surface area contributed by atoms with Crippen molar-refractivity contribution in [1.29, 1.82) is 0 Å². The zero-order valence-electron chi connectivity index (χ0n) is 14.0. The van der Waals surface area contributed by atoms with Gasteiger partial charge in [0.05, 0.1) is 5.60 Å². The fourth-order valence-electron chi connectivity index (χ4n) is 3.23. The number of hydrogen-bond acceptors (Lipinski definition) is 4. The number of rotatable bonds is 2. The Balaban J connectivity index is 2.12. The van der Waals surface area contributed by atoms with E-state index in [1.54, 1.807) is 20.8 Å². The van der Waals surface area contributed by atoms with Gasteiger partial charge in [0.2, 0.25) is 5.60 Å². The molecule has 2 atom stereocenters. The van der Waals surface area contributed by atoms with Crippen LogP contribution < -0.4 is 0 Å². The summed E-state index contributed by atoms with van der Waals surface area (Å²) in [4.78, 5) is 25.7. The molecule has 1 fully saturated rings. The van der Waals surface area contributed by atoms with E-state index in [1.807, 2.05) is 43.3 Å². The molecule has 23 heavy (non-hydrogen) atoms. The minimum Gasteiger partial charge on any atom is -0.457 e. The molecule has 4 nitrogen and oxygen atoms in total. The van der Waals surface area contributed by atoms with Gasteiger partial charge in [-0.3, -0.25) is 4.79 Å². The minimum atomic E-state index is -1.64. The second-order valence-electron chi connectivity index (χ2n) is 7.45. The molecule has 0 N–H and O–H groups in total. The van der Waals surface area contributed by atoms with Gasteiger partial charge in [-0.25, -0.2) is 4.79 Å². The lowest BCUT2D eigenvalue weighted by atomic mass is 9.84. The molecule has 122 valence electrons. The molecule has 2 aliphatic rings. The molecule has 0 aromatic heterocycles. The largest absolute Gasteiger partial charge is 0.457 e. The first kappa shape index (κ1) is 15.9. The van der Waals surface area contributed by atoms with Crippen molar-refractivity contribution < 1.29 is 19.1 Å². The Labute approximate surface area is 136 Å². The van der Waals surface area contributed by atoms with E-state index < -0.39 is 22.8 Å². The van der Waals surface area contributed by atoms with Crippen LogP contribution in [0.25, 0.3) is 5.57 Å². The standard InChI is InChI=1S/C19H22O4/c1-17(2,3)22-16(21)19-14(13-8-6-5-7-9-13)12-18(4,23-19)11-10-15(19)20/h5-9,12H,10-11H2,1-4H3. The number of carbonyl (C=O) groups excluding carboxylic acids is 2. The zero-order valence-corrected chi connectivity index (χ0v) is 14.0. The Morgan fingerprint density at radius 2 is 1.87 bits per heavy atom. The van der Waals surface area contributed by atoms with E-state index in [0.717, 1.165) is 5.56 Å². The number of fused-ring (bicyclic) bond motifs is 2. The summed E-state index contributed by atoms with van der Waals surface area (Å²) in [7, 11) is 0. The maximum atomic E-state index is 12.9. The van der Waals surface area contributed by atoms with Crippen LogP contribution >= 0.6 is 0 Å². The molecule has 2 heterocycles. The Bertz CT molecular complexity index is 683. The van der Waals surface area contributed by atoms with Gasteiger partial charge in [-0.1, -0.05) is 30.3 Å². The van der Waals surface area contributed by atoms with Crippen LogP contribution in [-0.4, -0.2) is 28.6 Å². The van der Waals surface area contributed by atoms with Crippen LogP contribution in [0.3, 0.4) is 0 Å². The van der Waals surface area contributed by atoms with Crippen LogP contribution in [0.4, 0.5) is 0 Å². The molecule has 2 aliphatic heterocycles. The minimum absolute atomic E-state index is 0.225. The molecule has 0 spiro atoms. The van der Waals surface area contributed by atoms with E-state index in [-0.39, 0.29) is 5.78 Å². The first-order valence-corrected chi connectivity index (χ1v) is 7.92. The third kappa shape index (κ3) is 2.61. The van der Waals surface area contributed by atoms with Crippen molar-refractivity contribution in [2.24, 2.45) is 0 Å². The maximum absolute atomic E-state index is 12.9. The van der Waals surface area contributed by atoms with Crippen LogP contribution in [0.1, 0.15) is 46.1 Å². The Morgan fingerprint density at radius 1 is 1.22 bits per heavy atom. The van der Waals surface area contributed by atoms with E-state index in [9.17, 15) is 9.59 Å². The highest BCUT2D eigenvalue weighted by atomic mass is 16.6. The van der Waals surface area contributed by atoms with Crippen molar-refractivity contribution in [3.63, 3.8) is 0 Å². The Hall–Kier alpha value is -1.94. The smallest absolute Gasteiger partial charge is 0.351 e. The molecule has 1 aromatic carbocycles. The van der Waals surface area contributed by atoms with Gasteiger partial charge >= 0.3 is 5.97 Å². The number of esters is 1. The van der Waals surface area contributed by atoms with Crippen LogP contribution in [0.2, 0.25) is 0 Å². The van der Waals surface area contributed by atoms with Crippen molar-refractivity contribution in [1.82, 2.24) is 0 Å². The third-order valence-electron chi connectivity index (χ3n) is 4.23. The topological polar surface area (TPSA) is 52.6 Å². The predicted molar refractivity (Wildman–Crippen MR) is 86.7 cm³/mol. The van der Waals surface area contributed by atoms with Crippen LogP contribution in [0.5, 0.6) is 0 Å². The SMILES string of the molecule is CC(C)(C)OC(=O)C12OC(C)(C=C1c1ccccc1)CCC2=O. The monoisotopic (exact) mass is 314 g/mol. The average Bonchev–Trinajstić information content (AvgIpc) is 2.74. The average molecular weight is 314 g/mol.